The van der Waals surface area contributed by atoms with Gasteiger partial charge in [0.2, 0.25) is 12.4 Å². The molecule has 0 spiro atoms. The Hall–Kier alpha value is -5.98. The Bertz CT molecular complexity index is 2040. The molecule has 272 valence electrons. The predicted molar refractivity (Wildman–Crippen MR) is 185 cm³/mol. The lowest BCUT2D eigenvalue weighted by molar-refractivity contribution is -0.266. The number of carbonyl (C=O) groups is 3. The summed E-state index contributed by atoms with van der Waals surface area (Å²) in [6.45, 7) is 0.00873. The van der Waals surface area contributed by atoms with Crippen LogP contribution in [0.3, 0.4) is 0 Å². The van der Waals surface area contributed by atoms with E-state index in [2.05, 4.69) is 0 Å². The summed E-state index contributed by atoms with van der Waals surface area (Å²) in [7, 11) is 0. The molecule has 0 unspecified atom stereocenters. The second-order valence-electron chi connectivity index (χ2n) is 12.1. The van der Waals surface area contributed by atoms with E-state index in [9.17, 15) is 32.7 Å². The van der Waals surface area contributed by atoms with Crippen LogP contribution in [0.4, 0.5) is 13.2 Å². The van der Waals surface area contributed by atoms with Crippen LogP contribution in [0.1, 0.15) is 43.6 Å². The predicted octanol–water partition coefficient (Wildman–Crippen LogP) is 7.38. The fraction of sp³-hybridized carbons (Fsp3) is 0.195. The highest BCUT2D eigenvalue weighted by molar-refractivity contribution is 5.91. The maximum atomic E-state index is 15.0. The number of hydrogen-bond acceptors (Lipinski definition) is 9. The van der Waals surface area contributed by atoms with Gasteiger partial charge in [0.15, 0.2) is 12.2 Å². The van der Waals surface area contributed by atoms with Gasteiger partial charge in [-0.25, -0.2) is 18.8 Å². The van der Waals surface area contributed by atoms with Crippen molar-refractivity contribution in [2.75, 3.05) is 6.61 Å². The number of hydrogen-bond donors (Lipinski definition) is 1. The molecule has 0 aromatic heterocycles. The van der Waals surface area contributed by atoms with Crippen LogP contribution < -0.4 is 4.74 Å². The van der Waals surface area contributed by atoms with Crippen molar-refractivity contribution in [1.82, 2.24) is 0 Å². The molecule has 0 radical (unpaired) electrons. The van der Waals surface area contributed by atoms with Gasteiger partial charge in [0.05, 0.1) is 22.8 Å². The highest BCUT2D eigenvalue weighted by atomic mass is 19.3. The highest BCUT2D eigenvalue weighted by Crippen LogP contribution is 2.39. The van der Waals surface area contributed by atoms with Crippen LogP contribution in [0.2, 0.25) is 0 Å². The summed E-state index contributed by atoms with van der Waals surface area (Å²) in [5, 5.41) is 9.49. The number of carbonyl (C=O) groups excluding carboxylic acids is 3. The first-order valence-corrected chi connectivity index (χ1v) is 16.5. The molecule has 1 fully saturated rings. The molecule has 12 heteroatoms. The van der Waals surface area contributed by atoms with Crippen LogP contribution in [0.5, 0.6) is 5.75 Å². The molecular formula is C41H33F3O9. The van der Waals surface area contributed by atoms with Crippen LogP contribution in [0, 0.1) is 5.82 Å². The van der Waals surface area contributed by atoms with Crippen LogP contribution in [0.15, 0.2) is 133 Å². The van der Waals surface area contributed by atoms with Gasteiger partial charge >= 0.3 is 17.9 Å². The average Bonchev–Trinajstić information content (AvgIpc) is 3.18. The van der Waals surface area contributed by atoms with Gasteiger partial charge in [0.1, 0.15) is 18.2 Å². The fourth-order valence-corrected chi connectivity index (χ4v) is 5.82. The van der Waals surface area contributed by atoms with E-state index in [1.54, 1.807) is 54.6 Å². The minimum absolute atomic E-state index is 0.0612. The Morgan fingerprint density at radius 1 is 0.660 bits per heavy atom. The molecular weight excluding hydrogens is 693 g/mol. The van der Waals surface area contributed by atoms with E-state index in [1.807, 2.05) is 0 Å². The van der Waals surface area contributed by atoms with Crippen LogP contribution >= 0.6 is 0 Å². The number of ether oxygens (including phenoxy) is 5. The van der Waals surface area contributed by atoms with Crippen molar-refractivity contribution < 1.29 is 56.3 Å². The first kappa shape index (κ1) is 36.8. The van der Waals surface area contributed by atoms with Crippen molar-refractivity contribution in [3.63, 3.8) is 0 Å². The Morgan fingerprint density at radius 3 is 1.68 bits per heavy atom. The Morgan fingerprint density at radius 2 is 1.17 bits per heavy atom. The van der Waals surface area contributed by atoms with Gasteiger partial charge in [0, 0.05) is 5.56 Å². The summed E-state index contributed by atoms with van der Waals surface area (Å²) in [6.07, 6.45) is -7.14. The second kappa shape index (κ2) is 16.1. The lowest BCUT2D eigenvalue weighted by Crippen LogP contribution is -2.62. The molecule has 0 saturated carbocycles. The number of aliphatic hydroxyl groups is 1. The van der Waals surface area contributed by atoms with Gasteiger partial charge in [-0.2, -0.15) is 8.78 Å². The molecule has 1 heterocycles. The zero-order valence-corrected chi connectivity index (χ0v) is 28.1. The third-order valence-corrected chi connectivity index (χ3v) is 8.46. The molecule has 1 aliphatic heterocycles. The Kier molecular flexibility index (Phi) is 11.2. The van der Waals surface area contributed by atoms with Crippen LogP contribution in [-0.4, -0.2) is 60.3 Å². The summed E-state index contributed by atoms with van der Waals surface area (Å²) >= 11 is 0. The normalized spacial score (nSPS) is 19.8. The smallest absolute Gasteiger partial charge is 0.338 e. The standard InChI is InChI=1S/C41H33F3O9/c1-25-34(51-37(46)26-12-5-2-6-13-26)35(52-38(47)27-14-7-3-8-15-27)36(53-39(48)28-16-9-4-10-17-28)40(49-25)50-31-20-21-33(41(43,44)24-45)32(23-31)29-18-11-19-30(42)22-29/h2-23,25,34-36,40,45H,24H2,1H3/t25-,34-,35+,36+,40-/m0/s1. The number of esters is 3. The molecule has 0 aliphatic carbocycles. The summed E-state index contributed by atoms with van der Waals surface area (Å²) in [6, 6.07) is 32.2. The first-order valence-electron chi connectivity index (χ1n) is 16.5. The number of aliphatic hydroxyl groups excluding tert-OH is 1. The first-order chi connectivity index (χ1) is 25.5. The molecule has 0 amide bonds. The molecule has 5 aromatic rings. The molecule has 1 N–H and O–H groups in total. The number of benzene rings is 5. The minimum atomic E-state index is -3.71. The van der Waals surface area contributed by atoms with E-state index in [1.165, 1.54) is 67.6 Å². The second-order valence-corrected chi connectivity index (χ2v) is 12.1. The molecule has 1 aliphatic rings. The highest BCUT2D eigenvalue weighted by Gasteiger charge is 2.52. The SMILES string of the molecule is C[C@@H]1O[C@@H](Oc2ccc(C(F)(F)CO)c(-c3cccc(F)c3)c2)[C@H](OC(=O)c2ccccc2)[C@H](OC(=O)c2ccccc2)[C@H]1OC(=O)c1ccccc1. The van der Waals surface area contributed by atoms with Gasteiger partial charge < -0.3 is 28.8 Å². The van der Waals surface area contributed by atoms with Crippen molar-refractivity contribution >= 4 is 17.9 Å². The minimum Gasteiger partial charge on any atom is -0.461 e. The Labute approximate surface area is 302 Å². The lowest BCUT2D eigenvalue weighted by Gasteiger charge is -2.43. The van der Waals surface area contributed by atoms with Crippen molar-refractivity contribution in [2.24, 2.45) is 0 Å². The maximum Gasteiger partial charge on any atom is 0.338 e. The van der Waals surface area contributed by atoms with Crippen molar-refractivity contribution in [2.45, 2.75) is 43.6 Å². The lowest BCUT2D eigenvalue weighted by atomic mass is 9.95. The quantitative estimate of drug-likeness (QED) is 0.110. The zero-order valence-electron chi connectivity index (χ0n) is 28.1. The zero-order chi connectivity index (χ0) is 37.5. The van der Waals surface area contributed by atoms with E-state index in [-0.39, 0.29) is 33.6 Å². The van der Waals surface area contributed by atoms with Crippen LogP contribution in [0.25, 0.3) is 11.1 Å². The van der Waals surface area contributed by atoms with Crippen molar-refractivity contribution in [1.29, 1.82) is 0 Å². The average molecular weight is 727 g/mol. The van der Waals surface area contributed by atoms with Crippen molar-refractivity contribution in [3.05, 3.63) is 162 Å². The van der Waals surface area contributed by atoms with Gasteiger partial charge in [-0.3, -0.25) is 0 Å². The molecule has 9 nitrogen and oxygen atoms in total. The van der Waals surface area contributed by atoms with Gasteiger partial charge in [0.25, 0.3) is 5.92 Å². The van der Waals surface area contributed by atoms with Crippen LogP contribution in [-0.2, 0) is 24.9 Å². The number of rotatable bonds is 11. The maximum absolute atomic E-state index is 15.0. The summed E-state index contributed by atoms with van der Waals surface area (Å²) in [5.74, 6) is -6.98. The summed E-state index contributed by atoms with van der Waals surface area (Å²) < 4.78 is 74.4. The molecule has 6 rings (SSSR count). The number of halogens is 3. The fourth-order valence-electron chi connectivity index (χ4n) is 5.82. The Balaban J connectivity index is 1.42. The molecule has 5 atom stereocenters. The molecule has 53 heavy (non-hydrogen) atoms. The van der Waals surface area contributed by atoms with E-state index < -0.39 is 72.5 Å². The van der Waals surface area contributed by atoms with E-state index >= 15 is 0 Å². The van der Waals surface area contributed by atoms with E-state index in [0.29, 0.717) is 0 Å². The van der Waals surface area contributed by atoms with E-state index in [4.69, 9.17) is 23.7 Å². The van der Waals surface area contributed by atoms with Gasteiger partial charge in [-0.1, -0.05) is 66.7 Å². The topological polar surface area (TPSA) is 118 Å². The third kappa shape index (κ3) is 8.57. The third-order valence-electron chi connectivity index (χ3n) is 8.46. The summed E-state index contributed by atoms with van der Waals surface area (Å²) in [5.41, 5.74) is -0.250. The molecule has 5 aromatic carbocycles. The van der Waals surface area contributed by atoms with Gasteiger partial charge in [-0.15, -0.1) is 0 Å². The molecule has 0 bridgehead atoms. The van der Waals surface area contributed by atoms with Gasteiger partial charge in [-0.05, 0) is 84.8 Å². The summed E-state index contributed by atoms with van der Waals surface area (Å²) in [4.78, 5) is 40.5. The largest absolute Gasteiger partial charge is 0.461 e. The molecule has 1 saturated heterocycles. The van der Waals surface area contributed by atoms with Crippen molar-refractivity contribution in [3.8, 4) is 16.9 Å². The van der Waals surface area contributed by atoms with E-state index in [0.717, 1.165) is 18.2 Å². The number of alkyl halides is 2. The monoisotopic (exact) mass is 726 g/mol.